The van der Waals surface area contributed by atoms with Gasteiger partial charge in [-0.05, 0) is 69.4 Å². The van der Waals surface area contributed by atoms with Gasteiger partial charge in [0.2, 0.25) is 15.9 Å². The zero-order chi connectivity index (χ0) is 27.2. The van der Waals surface area contributed by atoms with Crippen LogP contribution in [0.15, 0.2) is 47.4 Å². The van der Waals surface area contributed by atoms with Crippen LogP contribution in [0.1, 0.15) is 63.1 Å². The fourth-order valence-electron chi connectivity index (χ4n) is 4.16. The van der Waals surface area contributed by atoms with Crippen LogP contribution < -0.4 is 10.0 Å². The normalized spacial score (nSPS) is 19.2. The van der Waals surface area contributed by atoms with Crippen molar-refractivity contribution in [3.05, 3.63) is 69.5 Å². The molecule has 1 fully saturated rings. The predicted octanol–water partition coefficient (Wildman–Crippen LogP) is 3.57. The van der Waals surface area contributed by atoms with Crippen molar-refractivity contribution >= 4 is 21.6 Å². The van der Waals surface area contributed by atoms with Gasteiger partial charge in [-0.15, -0.1) is 0 Å². The van der Waals surface area contributed by atoms with Crippen LogP contribution in [0, 0.1) is 33.7 Å². The maximum atomic E-state index is 13.1. The Morgan fingerprint density at radius 1 is 1.16 bits per heavy atom. The number of nitro benzene ring substituents is 1. The minimum Gasteiger partial charge on any atom is -0.392 e. The molecule has 1 unspecified atom stereocenters. The van der Waals surface area contributed by atoms with Crippen molar-refractivity contribution in [2.75, 3.05) is 0 Å². The summed E-state index contributed by atoms with van der Waals surface area (Å²) < 4.78 is 41.6. The first kappa shape index (κ1) is 28.2. The summed E-state index contributed by atoms with van der Waals surface area (Å²) in [6.07, 6.45) is 1.28. The van der Waals surface area contributed by atoms with E-state index in [0.29, 0.717) is 25.7 Å². The molecule has 3 N–H and O–H groups in total. The molecule has 9 nitrogen and oxygen atoms in total. The van der Waals surface area contributed by atoms with E-state index >= 15 is 0 Å². The lowest BCUT2D eigenvalue weighted by atomic mass is 9.85. The van der Waals surface area contributed by atoms with Gasteiger partial charge < -0.3 is 10.4 Å². The third kappa shape index (κ3) is 7.82. The van der Waals surface area contributed by atoms with Crippen LogP contribution in [0.2, 0.25) is 0 Å². The SMILES string of the molecule is CC(O)CC#Cc1ccc(S(=O)(=O)NC2CCC(C(=O)N[C@H](C)c3ccc(F)cc3)CC2)cc1[N+](=O)[O-]. The Morgan fingerprint density at radius 2 is 1.81 bits per heavy atom. The number of nitro groups is 1. The molecule has 0 spiro atoms. The van der Waals surface area contributed by atoms with Crippen molar-refractivity contribution in [3.8, 4) is 11.8 Å². The van der Waals surface area contributed by atoms with Crippen LogP contribution in [0.5, 0.6) is 0 Å². The van der Waals surface area contributed by atoms with Crippen molar-refractivity contribution in [2.45, 2.75) is 69.0 Å². The van der Waals surface area contributed by atoms with Crippen LogP contribution in [0.25, 0.3) is 0 Å². The van der Waals surface area contributed by atoms with Gasteiger partial charge in [-0.25, -0.2) is 17.5 Å². The fourth-order valence-corrected chi connectivity index (χ4v) is 5.48. The van der Waals surface area contributed by atoms with Gasteiger partial charge in [0, 0.05) is 24.4 Å². The molecule has 2 atom stereocenters. The maximum Gasteiger partial charge on any atom is 0.286 e. The number of hydrogen-bond donors (Lipinski definition) is 3. The molecule has 1 aliphatic rings. The summed E-state index contributed by atoms with van der Waals surface area (Å²) >= 11 is 0. The molecule has 1 amide bonds. The molecule has 0 radical (unpaired) electrons. The number of carbonyl (C=O) groups excluding carboxylic acids is 1. The summed E-state index contributed by atoms with van der Waals surface area (Å²) in [5.41, 5.74) is 0.410. The highest BCUT2D eigenvalue weighted by molar-refractivity contribution is 7.89. The minimum absolute atomic E-state index is 0.0611. The van der Waals surface area contributed by atoms with Gasteiger partial charge in [0.15, 0.2) is 0 Å². The molecule has 0 bridgehead atoms. The van der Waals surface area contributed by atoms with E-state index in [9.17, 15) is 32.8 Å². The van der Waals surface area contributed by atoms with Gasteiger partial charge in [0.1, 0.15) is 11.4 Å². The monoisotopic (exact) mass is 531 g/mol. The number of sulfonamides is 1. The Morgan fingerprint density at radius 3 is 2.41 bits per heavy atom. The summed E-state index contributed by atoms with van der Waals surface area (Å²) in [5.74, 6) is 4.48. The molecular formula is C26H30FN3O6S. The Hall–Kier alpha value is -3.33. The molecule has 2 aromatic carbocycles. The van der Waals surface area contributed by atoms with Crippen LogP contribution in [-0.4, -0.2) is 36.5 Å². The lowest BCUT2D eigenvalue weighted by Crippen LogP contribution is -2.41. The Bertz CT molecular complexity index is 1290. The molecule has 0 saturated heterocycles. The number of amides is 1. The molecule has 11 heteroatoms. The number of benzene rings is 2. The second-order valence-corrected chi connectivity index (χ2v) is 11.0. The Kier molecular flexibility index (Phi) is 9.37. The van der Waals surface area contributed by atoms with E-state index in [-0.39, 0.29) is 40.6 Å². The summed E-state index contributed by atoms with van der Waals surface area (Å²) in [6, 6.07) is 8.72. The maximum absolute atomic E-state index is 13.1. The van der Waals surface area contributed by atoms with E-state index in [1.165, 1.54) is 24.3 Å². The van der Waals surface area contributed by atoms with E-state index < -0.39 is 32.8 Å². The standard InChI is InChI=1S/C26H30FN3O6S/c1-17(31)4-3-5-20-10-15-24(16-25(20)30(33)34)37(35,36)29-23-13-8-21(9-14-23)26(32)28-18(2)19-6-11-22(27)12-7-19/h6-7,10-12,15-18,21,23,29,31H,4,8-9,13-14H2,1-2H3,(H,28,32)/t17?,18-,21?,23?/m1/s1. The van der Waals surface area contributed by atoms with Gasteiger partial charge in [-0.1, -0.05) is 24.0 Å². The number of hydrogen-bond acceptors (Lipinski definition) is 6. The Labute approximate surface area is 215 Å². The van der Waals surface area contributed by atoms with E-state index in [0.717, 1.165) is 11.6 Å². The van der Waals surface area contributed by atoms with Gasteiger partial charge in [0.05, 0.1) is 22.0 Å². The molecule has 1 saturated carbocycles. The van der Waals surface area contributed by atoms with E-state index in [1.54, 1.807) is 19.1 Å². The number of aliphatic hydroxyl groups is 1. The fraction of sp³-hybridized carbons (Fsp3) is 0.423. The molecule has 3 rings (SSSR count). The molecule has 0 aliphatic heterocycles. The van der Waals surface area contributed by atoms with Crippen molar-refractivity contribution in [3.63, 3.8) is 0 Å². The van der Waals surface area contributed by atoms with E-state index in [2.05, 4.69) is 21.9 Å². The highest BCUT2D eigenvalue weighted by Crippen LogP contribution is 2.28. The number of carbonyl (C=O) groups is 1. The first-order chi connectivity index (χ1) is 17.5. The topological polar surface area (TPSA) is 139 Å². The second kappa shape index (κ2) is 12.3. The summed E-state index contributed by atoms with van der Waals surface area (Å²) in [5, 5.41) is 23.7. The smallest absolute Gasteiger partial charge is 0.286 e. The van der Waals surface area contributed by atoms with Crippen molar-refractivity contribution in [2.24, 2.45) is 5.92 Å². The van der Waals surface area contributed by atoms with Gasteiger partial charge >= 0.3 is 0 Å². The molecule has 1 aliphatic carbocycles. The number of nitrogens with zero attached hydrogens (tertiary/aromatic N) is 1. The average Bonchev–Trinajstić information content (AvgIpc) is 2.84. The van der Waals surface area contributed by atoms with Crippen LogP contribution in [0.4, 0.5) is 10.1 Å². The summed E-state index contributed by atoms with van der Waals surface area (Å²) in [7, 11) is -4.04. The third-order valence-electron chi connectivity index (χ3n) is 6.25. The second-order valence-electron chi connectivity index (χ2n) is 9.24. The lowest BCUT2D eigenvalue weighted by molar-refractivity contribution is -0.385. The Balaban J connectivity index is 1.60. The van der Waals surface area contributed by atoms with Crippen LogP contribution >= 0.6 is 0 Å². The van der Waals surface area contributed by atoms with Gasteiger partial charge in [-0.2, -0.15) is 0 Å². The van der Waals surface area contributed by atoms with E-state index in [1.807, 2.05) is 6.92 Å². The molecule has 2 aromatic rings. The minimum atomic E-state index is -4.04. The zero-order valence-electron chi connectivity index (χ0n) is 20.6. The van der Waals surface area contributed by atoms with Gasteiger partial charge in [-0.3, -0.25) is 14.9 Å². The zero-order valence-corrected chi connectivity index (χ0v) is 21.4. The number of halogens is 1. The van der Waals surface area contributed by atoms with Crippen molar-refractivity contribution in [1.29, 1.82) is 0 Å². The highest BCUT2D eigenvalue weighted by atomic mass is 32.2. The van der Waals surface area contributed by atoms with Crippen LogP contribution in [-0.2, 0) is 14.8 Å². The molecule has 0 aromatic heterocycles. The van der Waals surface area contributed by atoms with Crippen molar-refractivity contribution in [1.82, 2.24) is 10.0 Å². The molecule has 37 heavy (non-hydrogen) atoms. The van der Waals surface area contributed by atoms with Gasteiger partial charge in [0.25, 0.3) is 5.69 Å². The first-order valence-electron chi connectivity index (χ1n) is 12.0. The first-order valence-corrected chi connectivity index (χ1v) is 13.5. The predicted molar refractivity (Wildman–Crippen MR) is 135 cm³/mol. The van der Waals surface area contributed by atoms with Crippen LogP contribution in [0.3, 0.4) is 0 Å². The highest BCUT2D eigenvalue weighted by Gasteiger charge is 2.30. The summed E-state index contributed by atoms with van der Waals surface area (Å²) in [4.78, 5) is 23.2. The summed E-state index contributed by atoms with van der Waals surface area (Å²) in [6.45, 7) is 3.35. The number of aliphatic hydroxyl groups excluding tert-OH is 1. The quantitative estimate of drug-likeness (QED) is 0.270. The lowest BCUT2D eigenvalue weighted by Gasteiger charge is -2.29. The molecule has 198 valence electrons. The van der Waals surface area contributed by atoms with Crippen molar-refractivity contribution < 1.29 is 27.6 Å². The molecule has 0 heterocycles. The largest absolute Gasteiger partial charge is 0.392 e. The number of nitrogens with one attached hydrogen (secondary N) is 2. The average molecular weight is 532 g/mol. The number of rotatable bonds is 8. The third-order valence-corrected chi connectivity index (χ3v) is 7.76. The molecular weight excluding hydrogens is 501 g/mol. The van der Waals surface area contributed by atoms with E-state index in [4.69, 9.17) is 0 Å².